The Labute approximate surface area is 126 Å². The molecule has 0 fully saturated rings. The normalized spacial score (nSPS) is 11.7. The van der Waals surface area contributed by atoms with E-state index in [9.17, 15) is 9.59 Å². The van der Waals surface area contributed by atoms with E-state index in [-0.39, 0.29) is 6.61 Å². The second-order valence-corrected chi connectivity index (χ2v) is 5.07. The van der Waals surface area contributed by atoms with Crippen molar-refractivity contribution in [2.75, 3.05) is 5.33 Å². The van der Waals surface area contributed by atoms with Gasteiger partial charge in [0.25, 0.3) is 0 Å². The van der Waals surface area contributed by atoms with Crippen LogP contribution in [0.2, 0.25) is 0 Å². The molecule has 110 valence electrons. The molecule has 0 saturated carbocycles. The molecular weight excluding hydrogens is 326 g/mol. The van der Waals surface area contributed by atoms with Crippen molar-refractivity contribution in [2.45, 2.75) is 31.9 Å². The first-order valence-corrected chi connectivity index (χ1v) is 7.51. The van der Waals surface area contributed by atoms with Crippen LogP contribution in [0.3, 0.4) is 0 Å². The quantitative estimate of drug-likeness (QED) is 0.562. The summed E-state index contributed by atoms with van der Waals surface area (Å²) >= 11 is 3.28. The summed E-state index contributed by atoms with van der Waals surface area (Å²) < 4.78 is 4.99. The maximum absolute atomic E-state index is 11.6. The number of carbonyl (C=O) groups excluding carboxylic acids is 1. The average Bonchev–Trinajstić information content (AvgIpc) is 2.45. The van der Waals surface area contributed by atoms with Crippen molar-refractivity contribution in [3.05, 3.63) is 35.9 Å². The van der Waals surface area contributed by atoms with Crippen LogP contribution in [0.25, 0.3) is 0 Å². The number of unbranched alkanes of at least 4 members (excludes halogenated alkanes) is 1. The molecule has 0 unspecified atom stereocenters. The number of benzene rings is 1. The molecule has 1 aromatic rings. The summed E-state index contributed by atoms with van der Waals surface area (Å²) in [6.45, 7) is 0.125. The van der Waals surface area contributed by atoms with Gasteiger partial charge in [-0.1, -0.05) is 46.3 Å². The van der Waals surface area contributed by atoms with Gasteiger partial charge in [0.1, 0.15) is 12.6 Å². The number of halogens is 1. The molecule has 6 heteroatoms. The van der Waals surface area contributed by atoms with Gasteiger partial charge in [0.2, 0.25) is 0 Å². The lowest BCUT2D eigenvalue weighted by atomic mass is 10.1. The number of rotatable bonds is 8. The van der Waals surface area contributed by atoms with Crippen LogP contribution in [0.15, 0.2) is 30.3 Å². The van der Waals surface area contributed by atoms with E-state index in [0.717, 1.165) is 23.7 Å². The van der Waals surface area contributed by atoms with E-state index < -0.39 is 18.1 Å². The van der Waals surface area contributed by atoms with E-state index in [1.165, 1.54) is 0 Å². The predicted molar refractivity (Wildman–Crippen MR) is 78.8 cm³/mol. The highest BCUT2D eigenvalue weighted by molar-refractivity contribution is 9.09. The van der Waals surface area contributed by atoms with Crippen LogP contribution in [0.4, 0.5) is 4.79 Å². The third-order valence-corrected chi connectivity index (χ3v) is 3.24. The van der Waals surface area contributed by atoms with Crippen LogP contribution in [0.1, 0.15) is 24.8 Å². The number of carboxylic acids is 1. The predicted octanol–water partition coefficient (Wildman–Crippen LogP) is 2.93. The van der Waals surface area contributed by atoms with Gasteiger partial charge in [0, 0.05) is 5.33 Å². The highest BCUT2D eigenvalue weighted by atomic mass is 79.9. The standard InChI is InChI=1S/C14H18BrNO4/c15-9-5-4-8-12(13(17)18)16-14(19)20-10-11-6-2-1-3-7-11/h1-3,6-7,12H,4-5,8-10H2,(H,16,19)(H,17,18)/t12-/m0/s1. The first-order chi connectivity index (χ1) is 9.63. The highest BCUT2D eigenvalue weighted by Crippen LogP contribution is 2.05. The van der Waals surface area contributed by atoms with Gasteiger partial charge in [-0.05, 0) is 24.8 Å². The fraction of sp³-hybridized carbons (Fsp3) is 0.429. The Hall–Kier alpha value is -1.56. The van der Waals surface area contributed by atoms with Crippen LogP contribution in [-0.2, 0) is 16.1 Å². The number of aliphatic carboxylic acids is 1. The third kappa shape index (κ3) is 6.56. The van der Waals surface area contributed by atoms with Crippen LogP contribution < -0.4 is 5.32 Å². The van der Waals surface area contributed by atoms with Crippen LogP contribution >= 0.6 is 15.9 Å². The van der Waals surface area contributed by atoms with Crippen molar-refractivity contribution in [3.8, 4) is 0 Å². The van der Waals surface area contributed by atoms with Gasteiger partial charge >= 0.3 is 12.1 Å². The number of ether oxygens (including phenoxy) is 1. The van der Waals surface area contributed by atoms with Crippen molar-refractivity contribution >= 4 is 28.0 Å². The molecule has 0 aromatic heterocycles. The topological polar surface area (TPSA) is 75.6 Å². The first-order valence-electron chi connectivity index (χ1n) is 6.39. The molecule has 20 heavy (non-hydrogen) atoms. The molecule has 0 bridgehead atoms. The number of hydrogen-bond acceptors (Lipinski definition) is 3. The van der Waals surface area contributed by atoms with Gasteiger partial charge in [0.15, 0.2) is 0 Å². The second-order valence-electron chi connectivity index (χ2n) is 4.28. The maximum Gasteiger partial charge on any atom is 0.408 e. The molecule has 1 aromatic carbocycles. The Morgan fingerprint density at radius 3 is 2.55 bits per heavy atom. The summed E-state index contributed by atoms with van der Waals surface area (Å²) in [6, 6.07) is 8.31. The minimum atomic E-state index is -1.05. The van der Waals surface area contributed by atoms with E-state index in [4.69, 9.17) is 9.84 Å². The van der Waals surface area contributed by atoms with Gasteiger partial charge in [0.05, 0.1) is 0 Å². The van der Waals surface area contributed by atoms with Crippen molar-refractivity contribution in [1.82, 2.24) is 5.32 Å². The summed E-state index contributed by atoms with van der Waals surface area (Å²) in [5.41, 5.74) is 0.855. The number of alkyl carbamates (subject to hydrolysis) is 1. The van der Waals surface area contributed by atoms with Crippen LogP contribution in [-0.4, -0.2) is 28.5 Å². The molecule has 0 aliphatic heterocycles. The number of nitrogens with one attached hydrogen (secondary N) is 1. The second kappa shape index (κ2) is 9.36. The summed E-state index contributed by atoms with van der Waals surface area (Å²) in [7, 11) is 0. The lowest BCUT2D eigenvalue weighted by molar-refractivity contribution is -0.139. The fourth-order valence-corrected chi connectivity index (χ4v) is 2.00. The van der Waals surface area contributed by atoms with E-state index in [1.54, 1.807) is 0 Å². The largest absolute Gasteiger partial charge is 0.480 e. The zero-order valence-electron chi connectivity index (χ0n) is 11.0. The zero-order chi connectivity index (χ0) is 14.8. The van der Waals surface area contributed by atoms with E-state index in [2.05, 4.69) is 21.2 Å². The van der Waals surface area contributed by atoms with Gasteiger partial charge < -0.3 is 15.2 Å². The Bertz CT molecular complexity index is 424. The molecule has 1 rings (SSSR count). The lowest BCUT2D eigenvalue weighted by Crippen LogP contribution is -2.41. The monoisotopic (exact) mass is 343 g/mol. The molecule has 0 spiro atoms. The van der Waals surface area contributed by atoms with Crippen LogP contribution in [0, 0.1) is 0 Å². The van der Waals surface area contributed by atoms with Crippen molar-refractivity contribution in [3.63, 3.8) is 0 Å². The highest BCUT2D eigenvalue weighted by Gasteiger charge is 2.19. The maximum atomic E-state index is 11.6. The Kier molecular flexibility index (Phi) is 7.72. The lowest BCUT2D eigenvalue weighted by Gasteiger charge is -2.14. The zero-order valence-corrected chi connectivity index (χ0v) is 12.6. The van der Waals surface area contributed by atoms with Gasteiger partial charge in [-0.3, -0.25) is 0 Å². The smallest absolute Gasteiger partial charge is 0.408 e. The number of alkyl halides is 1. The van der Waals surface area contributed by atoms with E-state index in [1.807, 2.05) is 30.3 Å². The Morgan fingerprint density at radius 1 is 1.25 bits per heavy atom. The number of carbonyl (C=O) groups is 2. The minimum absolute atomic E-state index is 0.125. The number of carboxylic acid groups (broad SMARTS) is 1. The van der Waals surface area contributed by atoms with Gasteiger partial charge in [-0.25, -0.2) is 9.59 Å². The molecule has 0 saturated heterocycles. The molecule has 2 N–H and O–H groups in total. The van der Waals surface area contributed by atoms with Gasteiger partial charge in [-0.15, -0.1) is 0 Å². The third-order valence-electron chi connectivity index (χ3n) is 2.68. The molecule has 1 amide bonds. The van der Waals surface area contributed by atoms with Crippen molar-refractivity contribution < 1.29 is 19.4 Å². The molecule has 0 radical (unpaired) electrons. The Balaban J connectivity index is 2.36. The molecular formula is C14H18BrNO4. The summed E-state index contributed by atoms with van der Waals surface area (Å²) in [4.78, 5) is 22.6. The van der Waals surface area contributed by atoms with Crippen LogP contribution in [0.5, 0.6) is 0 Å². The molecule has 5 nitrogen and oxygen atoms in total. The van der Waals surface area contributed by atoms with Crippen molar-refractivity contribution in [2.24, 2.45) is 0 Å². The molecule has 0 aliphatic rings. The summed E-state index contributed by atoms with van der Waals surface area (Å²) in [5.74, 6) is -1.05. The molecule has 0 heterocycles. The summed E-state index contributed by atoms with van der Waals surface area (Å²) in [6.07, 6.45) is 1.27. The fourth-order valence-electron chi connectivity index (χ4n) is 1.61. The number of amides is 1. The Morgan fingerprint density at radius 2 is 1.95 bits per heavy atom. The first kappa shape index (κ1) is 16.5. The molecule has 1 atom stereocenters. The SMILES string of the molecule is O=C(N[C@@H](CCCCBr)C(=O)O)OCc1ccccc1. The van der Waals surface area contributed by atoms with E-state index in [0.29, 0.717) is 6.42 Å². The average molecular weight is 344 g/mol. The van der Waals surface area contributed by atoms with Gasteiger partial charge in [-0.2, -0.15) is 0 Å². The summed E-state index contributed by atoms with van der Waals surface area (Å²) in [5, 5.41) is 12.2. The number of hydrogen-bond donors (Lipinski definition) is 2. The minimum Gasteiger partial charge on any atom is -0.480 e. The van der Waals surface area contributed by atoms with Crippen molar-refractivity contribution in [1.29, 1.82) is 0 Å². The molecule has 0 aliphatic carbocycles. The van der Waals surface area contributed by atoms with E-state index >= 15 is 0 Å².